The molecule has 1 unspecified atom stereocenters. The second-order valence-corrected chi connectivity index (χ2v) is 6.56. The van der Waals surface area contributed by atoms with Gasteiger partial charge < -0.3 is 5.32 Å². The van der Waals surface area contributed by atoms with Crippen LogP contribution in [0.25, 0.3) is 0 Å². The van der Waals surface area contributed by atoms with Crippen LogP contribution >= 0.6 is 0 Å². The van der Waals surface area contributed by atoms with E-state index in [0.29, 0.717) is 29.4 Å². The molecule has 2 heterocycles. The Labute approximate surface area is 108 Å². The van der Waals surface area contributed by atoms with Crippen molar-refractivity contribution < 1.29 is 8.42 Å². The Morgan fingerprint density at radius 3 is 2.78 bits per heavy atom. The van der Waals surface area contributed by atoms with E-state index in [9.17, 15) is 8.42 Å². The largest absolute Gasteiger partial charge is 0.318 e. The molecule has 0 aliphatic carbocycles. The Kier molecular flexibility index (Phi) is 3.74. The number of sulfonamides is 1. The van der Waals surface area contributed by atoms with Crippen molar-refractivity contribution in [3.8, 4) is 0 Å². The van der Waals surface area contributed by atoms with E-state index in [1.165, 1.54) is 0 Å². The van der Waals surface area contributed by atoms with Crippen molar-refractivity contribution in [1.82, 2.24) is 19.8 Å². The van der Waals surface area contributed by atoms with E-state index >= 15 is 0 Å². The van der Waals surface area contributed by atoms with Crippen LogP contribution in [0.2, 0.25) is 0 Å². The number of aromatic amines is 1. The maximum atomic E-state index is 12.7. The molecule has 18 heavy (non-hydrogen) atoms. The molecular formula is C11H20N4O2S. The lowest BCUT2D eigenvalue weighted by molar-refractivity contribution is 0.378. The summed E-state index contributed by atoms with van der Waals surface area (Å²) in [7, 11) is -1.58. The van der Waals surface area contributed by atoms with E-state index in [1.54, 1.807) is 18.2 Å². The summed E-state index contributed by atoms with van der Waals surface area (Å²) in [5, 5.41) is 9.78. The van der Waals surface area contributed by atoms with Gasteiger partial charge in [-0.1, -0.05) is 0 Å². The Morgan fingerprint density at radius 2 is 2.22 bits per heavy atom. The molecule has 2 rings (SSSR count). The second kappa shape index (κ2) is 4.99. The summed E-state index contributed by atoms with van der Waals surface area (Å²) in [5.74, 6) is 0. The molecule has 0 saturated carbocycles. The number of H-pyrrole nitrogens is 1. The molecule has 2 N–H and O–H groups in total. The van der Waals surface area contributed by atoms with Crippen LogP contribution in [-0.4, -0.2) is 49.1 Å². The number of rotatable bonds is 4. The number of hydrogen-bond acceptors (Lipinski definition) is 4. The van der Waals surface area contributed by atoms with E-state index < -0.39 is 10.0 Å². The van der Waals surface area contributed by atoms with Crippen LogP contribution in [0, 0.1) is 13.8 Å². The van der Waals surface area contributed by atoms with E-state index in [0.717, 1.165) is 12.8 Å². The van der Waals surface area contributed by atoms with E-state index in [1.807, 2.05) is 7.05 Å². The number of hydrogen-bond donors (Lipinski definition) is 2. The Morgan fingerprint density at radius 1 is 1.50 bits per heavy atom. The topological polar surface area (TPSA) is 78.1 Å². The monoisotopic (exact) mass is 272 g/mol. The number of likely N-dealkylation sites (N-methyl/N-ethyl adjacent to an activating group) is 1. The highest BCUT2D eigenvalue weighted by Gasteiger charge is 2.37. The van der Waals surface area contributed by atoms with Gasteiger partial charge in [0.15, 0.2) is 0 Å². The van der Waals surface area contributed by atoms with E-state index in [2.05, 4.69) is 15.5 Å². The third-order valence-corrected chi connectivity index (χ3v) is 5.61. The van der Waals surface area contributed by atoms with Crippen LogP contribution in [-0.2, 0) is 10.0 Å². The fourth-order valence-corrected chi connectivity index (χ4v) is 4.63. The number of nitrogens with zero attached hydrogens (tertiary/aromatic N) is 2. The van der Waals surface area contributed by atoms with E-state index in [-0.39, 0.29) is 6.04 Å². The van der Waals surface area contributed by atoms with Crippen LogP contribution in [0.3, 0.4) is 0 Å². The minimum atomic E-state index is -3.43. The standard InChI is InChI=1S/C11H20N4O2S/c1-8-11(9(2)14-13-8)18(16,17)15-6-4-5-10(15)7-12-3/h10,12H,4-7H2,1-3H3,(H,13,14). The fraction of sp³-hybridized carbons (Fsp3) is 0.727. The zero-order valence-corrected chi connectivity index (χ0v) is 11.8. The lowest BCUT2D eigenvalue weighted by Crippen LogP contribution is -2.41. The highest BCUT2D eigenvalue weighted by Crippen LogP contribution is 2.28. The van der Waals surface area contributed by atoms with Gasteiger partial charge in [0.25, 0.3) is 0 Å². The number of aryl methyl sites for hydroxylation is 2. The molecule has 1 fully saturated rings. The van der Waals surface area contributed by atoms with Gasteiger partial charge in [-0.3, -0.25) is 5.10 Å². The summed E-state index contributed by atoms with van der Waals surface area (Å²) in [6.07, 6.45) is 1.83. The molecule has 0 amide bonds. The van der Waals surface area contributed by atoms with Crippen molar-refractivity contribution in [2.45, 2.75) is 37.6 Å². The third kappa shape index (κ3) is 2.17. The van der Waals surface area contributed by atoms with Crippen molar-refractivity contribution in [1.29, 1.82) is 0 Å². The molecule has 6 nitrogen and oxygen atoms in total. The predicted octanol–water partition coefficient (Wildman–Crippen LogP) is 0.399. The molecule has 1 aromatic rings. The maximum absolute atomic E-state index is 12.7. The normalized spacial score (nSPS) is 21.6. The maximum Gasteiger partial charge on any atom is 0.247 e. The van der Waals surface area contributed by atoms with Crippen LogP contribution < -0.4 is 5.32 Å². The lowest BCUT2D eigenvalue weighted by Gasteiger charge is -2.23. The molecule has 102 valence electrons. The van der Waals surface area contributed by atoms with Gasteiger partial charge in [0, 0.05) is 19.1 Å². The molecule has 1 aliphatic rings. The quantitative estimate of drug-likeness (QED) is 0.831. The summed E-state index contributed by atoms with van der Waals surface area (Å²) in [6, 6.07) is 0.0497. The minimum absolute atomic E-state index is 0.0497. The Bertz CT molecular complexity index is 504. The predicted molar refractivity (Wildman–Crippen MR) is 68.9 cm³/mol. The summed E-state index contributed by atoms with van der Waals surface area (Å²) in [6.45, 7) is 4.75. The molecule has 0 bridgehead atoms. The Balaban J connectivity index is 2.37. The van der Waals surface area contributed by atoms with Crippen molar-refractivity contribution in [2.75, 3.05) is 20.1 Å². The van der Waals surface area contributed by atoms with Crippen molar-refractivity contribution in [3.05, 3.63) is 11.4 Å². The van der Waals surface area contributed by atoms with Crippen molar-refractivity contribution >= 4 is 10.0 Å². The average Bonchev–Trinajstić information content (AvgIpc) is 2.87. The smallest absolute Gasteiger partial charge is 0.247 e. The first-order valence-corrected chi connectivity index (χ1v) is 7.60. The second-order valence-electron chi connectivity index (χ2n) is 4.73. The van der Waals surface area contributed by atoms with Crippen molar-refractivity contribution in [2.24, 2.45) is 0 Å². The lowest BCUT2D eigenvalue weighted by atomic mass is 10.2. The highest BCUT2D eigenvalue weighted by atomic mass is 32.2. The SMILES string of the molecule is CNCC1CCCN1S(=O)(=O)c1c(C)n[nH]c1C. The van der Waals surface area contributed by atoms with Crippen molar-refractivity contribution in [3.63, 3.8) is 0 Å². The van der Waals surface area contributed by atoms with Crippen LogP contribution in [0.15, 0.2) is 4.90 Å². The number of nitrogens with one attached hydrogen (secondary N) is 2. The van der Waals surface area contributed by atoms with Gasteiger partial charge in [0.2, 0.25) is 10.0 Å². The van der Waals surface area contributed by atoms with Gasteiger partial charge in [-0.2, -0.15) is 9.40 Å². The first kappa shape index (κ1) is 13.5. The molecule has 7 heteroatoms. The van der Waals surface area contributed by atoms with Gasteiger partial charge >= 0.3 is 0 Å². The fourth-order valence-electron chi connectivity index (χ4n) is 2.60. The van der Waals surface area contributed by atoms with Gasteiger partial charge in [0.1, 0.15) is 4.90 Å². The summed E-state index contributed by atoms with van der Waals surface area (Å²) in [4.78, 5) is 0.338. The molecule has 0 spiro atoms. The Hall–Kier alpha value is -0.920. The summed E-state index contributed by atoms with van der Waals surface area (Å²) < 4.78 is 26.9. The molecule has 1 aliphatic heterocycles. The van der Waals surface area contributed by atoms with Crippen LogP contribution in [0.5, 0.6) is 0 Å². The summed E-state index contributed by atoms with van der Waals surface area (Å²) >= 11 is 0. The molecule has 0 aromatic carbocycles. The molecule has 0 radical (unpaired) electrons. The highest BCUT2D eigenvalue weighted by molar-refractivity contribution is 7.89. The van der Waals surface area contributed by atoms with E-state index in [4.69, 9.17) is 0 Å². The van der Waals surface area contributed by atoms with Gasteiger partial charge in [-0.15, -0.1) is 0 Å². The van der Waals surface area contributed by atoms with Gasteiger partial charge in [0.05, 0.1) is 11.4 Å². The molecular weight excluding hydrogens is 252 g/mol. The van der Waals surface area contributed by atoms with Gasteiger partial charge in [-0.05, 0) is 33.7 Å². The average molecular weight is 272 g/mol. The molecule has 1 saturated heterocycles. The first-order chi connectivity index (χ1) is 8.48. The third-order valence-electron chi connectivity index (χ3n) is 3.39. The van der Waals surface area contributed by atoms with Crippen LogP contribution in [0.1, 0.15) is 24.2 Å². The minimum Gasteiger partial charge on any atom is -0.318 e. The van der Waals surface area contributed by atoms with Crippen LogP contribution in [0.4, 0.5) is 0 Å². The van der Waals surface area contributed by atoms with Gasteiger partial charge in [-0.25, -0.2) is 8.42 Å². The first-order valence-electron chi connectivity index (χ1n) is 6.16. The zero-order chi connectivity index (χ0) is 13.3. The number of aromatic nitrogens is 2. The zero-order valence-electron chi connectivity index (χ0n) is 11.0. The summed E-state index contributed by atoms with van der Waals surface area (Å²) in [5.41, 5.74) is 1.16. The molecule has 1 aromatic heterocycles. The molecule has 1 atom stereocenters.